The van der Waals surface area contributed by atoms with Gasteiger partial charge < -0.3 is 5.32 Å². The van der Waals surface area contributed by atoms with Crippen molar-refractivity contribution < 1.29 is 0 Å². The van der Waals surface area contributed by atoms with Gasteiger partial charge in [0.1, 0.15) is 0 Å². The van der Waals surface area contributed by atoms with E-state index in [0.29, 0.717) is 17.5 Å². The topological polar surface area (TPSA) is 29.9 Å². The Bertz CT molecular complexity index is 316. The Hall–Kier alpha value is -0.830. The van der Waals surface area contributed by atoms with E-state index in [-0.39, 0.29) is 0 Å². The molecule has 0 spiro atoms. The maximum Gasteiger partial charge on any atom is 0.0677 e. The number of hydrogen-bond donors (Lipinski definition) is 1. The summed E-state index contributed by atoms with van der Waals surface area (Å²) in [7, 11) is 0. The third kappa shape index (κ3) is 2.46. The quantitative estimate of drug-likeness (QED) is 0.850. The average molecular weight is 221 g/mol. The van der Waals surface area contributed by atoms with Crippen LogP contribution < -0.4 is 5.32 Å². The summed E-state index contributed by atoms with van der Waals surface area (Å²) < 4.78 is 2.13. The lowest BCUT2D eigenvalue weighted by atomic mass is 9.73. The number of aromatic nitrogens is 2. The molecule has 0 bridgehead atoms. The van der Waals surface area contributed by atoms with E-state index in [1.165, 1.54) is 19.3 Å². The van der Waals surface area contributed by atoms with Crippen molar-refractivity contribution in [2.75, 3.05) is 6.54 Å². The van der Waals surface area contributed by atoms with E-state index >= 15 is 0 Å². The summed E-state index contributed by atoms with van der Waals surface area (Å²) in [6.45, 7) is 7.96. The molecule has 3 nitrogen and oxygen atoms in total. The summed E-state index contributed by atoms with van der Waals surface area (Å²) in [5.74, 6) is 0. The smallest absolute Gasteiger partial charge is 0.0677 e. The van der Waals surface area contributed by atoms with E-state index in [0.717, 1.165) is 6.54 Å². The van der Waals surface area contributed by atoms with Crippen molar-refractivity contribution in [1.29, 1.82) is 0 Å². The van der Waals surface area contributed by atoms with Gasteiger partial charge in [-0.3, -0.25) is 4.68 Å². The minimum atomic E-state index is 0.447. The molecule has 1 N–H and O–H groups in total. The van der Waals surface area contributed by atoms with Gasteiger partial charge >= 0.3 is 0 Å². The van der Waals surface area contributed by atoms with Crippen LogP contribution in [0.5, 0.6) is 0 Å². The number of nitrogens with one attached hydrogen (secondary N) is 1. The average Bonchev–Trinajstić information content (AvgIpc) is 2.74. The summed E-state index contributed by atoms with van der Waals surface area (Å²) in [6, 6.07) is 3.11. The van der Waals surface area contributed by atoms with E-state index in [9.17, 15) is 0 Å². The van der Waals surface area contributed by atoms with Crippen LogP contribution in [-0.4, -0.2) is 22.4 Å². The third-order valence-electron chi connectivity index (χ3n) is 3.69. The molecule has 2 unspecified atom stereocenters. The molecule has 0 saturated heterocycles. The molecule has 16 heavy (non-hydrogen) atoms. The molecule has 1 saturated carbocycles. The zero-order valence-corrected chi connectivity index (χ0v) is 10.6. The predicted molar refractivity (Wildman–Crippen MR) is 66.4 cm³/mol. The molecule has 1 aliphatic rings. The first-order valence-electron chi connectivity index (χ1n) is 6.35. The van der Waals surface area contributed by atoms with E-state index in [2.05, 4.69) is 42.1 Å². The zero-order valence-electron chi connectivity index (χ0n) is 10.6. The standard InChI is InChI=1S/C13H23N3/c1-4-14-11-6-7-13(2,3)10-12(11)16-9-5-8-15-16/h5,8-9,11-12,14H,4,6-7,10H2,1-3H3. The molecule has 1 fully saturated rings. The molecule has 0 amide bonds. The number of hydrogen-bond acceptors (Lipinski definition) is 2. The third-order valence-corrected chi connectivity index (χ3v) is 3.69. The van der Waals surface area contributed by atoms with Crippen molar-refractivity contribution in [2.24, 2.45) is 5.41 Å². The molecule has 1 heterocycles. The van der Waals surface area contributed by atoms with Crippen LogP contribution in [-0.2, 0) is 0 Å². The second-order valence-corrected chi connectivity index (χ2v) is 5.62. The second kappa shape index (κ2) is 4.58. The van der Waals surface area contributed by atoms with Crippen LogP contribution in [0.1, 0.15) is 46.1 Å². The van der Waals surface area contributed by atoms with Gasteiger partial charge in [0.15, 0.2) is 0 Å². The highest BCUT2D eigenvalue weighted by Crippen LogP contribution is 2.40. The van der Waals surface area contributed by atoms with Crippen LogP contribution in [0.25, 0.3) is 0 Å². The van der Waals surface area contributed by atoms with Crippen LogP contribution in [0.4, 0.5) is 0 Å². The highest BCUT2D eigenvalue weighted by molar-refractivity contribution is 4.94. The first-order valence-corrected chi connectivity index (χ1v) is 6.35. The molecule has 1 aliphatic carbocycles. The maximum absolute atomic E-state index is 4.41. The van der Waals surface area contributed by atoms with Crippen molar-refractivity contribution >= 4 is 0 Å². The SMILES string of the molecule is CCNC1CCC(C)(C)CC1n1cccn1. The molecule has 0 aliphatic heterocycles. The molecule has 0 aromatic carbocycles. The maximum atomic E-state index is 4.41. The summed E-state index contributed by atoms with van der Waals surface area (Å²) in [5, 5.41) is 8.01. The molecule has 0 radical (unpaired) electrons. The molecule has 1 aromatic rings. The summed E-state index contributed by atoms with van der Waals surface area (Å²) >= 11 is 0. The molecule has 90 valence electrons. The number of nitrogens with zero attached hydrogens (tertiary/aromatic N) is 2. The van der Waals surface area contributed by atoms with Gasteiger partial charge in [-0.2, -0.15) is 5.10 Å². The van der Waals surface area contributed by atoms with Gasteiger partial charge in [0, 0.05) is 18.4 Å². The van der Waals surface area contributed by atoms with Gasteiger partial charge in [0.25, 0.3) is 0 Å². The highest BCUT2D eigenvalue weighted by Gasteiger charge is 2.35. The largest absolute Gasteiger partial charge is 0.312 e. The Morgan fingerprint density at radius 3 is 2.94 bits per heavy atom. The molecule has 1 aromatic heterocycles. The Morgan fingerprint density at radius 1 is 1.50 bits per heavy atom. The fourth-order valence-electron chi connectivity index (χ4n) is 2.80. The molecule has 3 heteroatoms. The lowest BCUT2D eigenvalue weighted by Gasteiger charge is -2.41. The lowest BCUT2D eigenvalue weighted by molar-refractivity contribution is 0.135. The van der Waals surface area contributed by atoms with Gasteiger partial charge in [0.05, 0.1) is 6.04 Å². The molecule has 2 atom stereocenters. The van der Waals surface area contributed by atoms with Crippen LogP contribution in [0.15, 0.2) is 18.5 Å². The van der Waals surface area contributed by atoms with Crippen LogP contribution in [0.3, 0.4) is 0 Å². The summed E-state index contributed by atoms with van der Waals surface area (Å²) in [5.41, 5.74) is 0.447. The molecule has 2 rings (SSSR count). The van der Waals surface area contributed by atoms with Crippen LogP contribution >= 0.6 is 0 Å². The fourth-order valence-corrected chi connectivity index (χ4v) is 2.80. The van der Waals surface area contributed by atoms with Crippen molar-refractivity contribution in [3.8, 4) is 0 Å². The normalized spacial score (nSPS) is 29.2. The van der Waals surface area contributed by atoms with E-state index < -0.39 is 0 Å². The van der Waals surface area contributed by atoms with Crippen LogP contribution in [0.2, 0.25) is 0 Å². The monoisotopic (exact) mass is 221 g/mol. The number of rotatable bonds is 3. The Kier molecular flexibility index (Phi) is 3.33. The zero-order chi connectivity index (χ0) is 11.6. The van der Waals surface area contributed by atoms with E-state index in [4.69, 9.17) is 0 Å². The second-order valence-electron chi connectivity index (χ2n) is 5.62. The van der Waals surface area contributed by atoms with Gasteiger partial charge in [-0.15, -0.1) is 0 Å². The predicted octanol–water partition coefficient (Wildman–Crippen LogP) is 2.61. The Balaban J connectivity index is 2.15. The van der Waals surface area contributed by atoms with Crippen molar-refractivity contribution in [3.63, 3.8) is 0 Å². The first kappa shape index (κ1) is 11.6. The number of likely N-dealkylation sites (N-methyl/N-ethyl adjacent to an activating group) is 1. The fraction of sp³-hybridized carbons (Fsp3) is 0.769. The Morgan fingerprint density at radius 2 is 2.31 bits per heavy atom. The van der Waals surface area contributed by atoms with Gasteiger partial charge in [-0.05, 0) is 37.3 Å². The van der Waals surface area contributed by atoms with E-state index in [1.807, 2.05) is 12.3 Å². The van der Waals surface area contributed by atoms with E-state index in [1.54, 1.807) is 0 Å². The van der Waals surface area contributed by atoms with Gasteiger partial charge in [-0.1, -0.05) is 20.8 Å². The summed E-state index contributed by atoms with van der Waals surface area (Å²) in [4.78, 5) is 0. The Labute approximate surface area is 98.2 Å². The summed E-state index contributed by atoms with van der Waals surface area (Å²) in [6.07, 6.45) is 7.75. The first-order chi connectivity index (χ1) is 7.62. The highest BCUT2D eigenvalue weighted by atomic mass is 15.3. The van der Waals surface area contributed by atoms with Crippen molar-refractivity contribution in [1.82, 2.24) is 15.1 Å². The van der Waals surface area contributed by atoms with Crippen molar-refractivity contribution in [3.05, 3.63) is 18.5 Å². The minimum absolute atomic E-state index is 0.447. The molecular formula is C13H23N3. The molecular weight excluding hydrogens is 198 g/mol. The van der Waals surface area contributed by atoms with Crippen LogP contribution in [0, 0.1) is 5.41 Å². The van der Waals surface area contributed by atoms with Gasteiger partial charge in [0.2, 0.25) is 0 Å². The lowest BCUT2D eigenvalue weighted by Crippen LogP contribution is -2.44. The van der Waals surface area contributed by atoms with Crippen molar-refractivity contribution in [2.45, 2.75) is 52.1 Å². The van der Waals surface area contributed by atoms with Gasteiger partial charge in [-0.25, -0.2) is 0 Å². The minimum Gasteiger partial charge on any atom is -0.312 e.